The molecule has 0 unspecified atom stereocenters. The molecule has 1 heterocycles. The van der Waals surface area contributed by atoms with Crippen molar-refractivity contribution in [2.75, 3.05) is 0 Å². The molecule has 1 saturated heterocycles. The molecule has 1 N–H and O–H groups in total. The van der Waals surface area contributed by atoms with Gasteiger partial charge in [-0.15, -0.1) is 0 Å². The predicted molar refractivity (Wildman–Crippen MR) is 58.8 cm³/mol. The van der Waals surface area contributed by atoms with E-state index < -0.39 is 12.5 Å². The zero-order valence-corrected chi connectivity index (χ0v) is 9.15. The van der Waals surface area contributed by atoms with Crippen LogP contribution in [-0.2, 0) is 9.59 Å². The Morgan fingerprint density at radius 3 is 2.39 bits per heavy atom. The summed E-state index contributed by atoms with van der Waals surface area (Å²) in [5, 5.41) is 2.15. The third kappa shape index (κ3) is 2.91. The summed E-state index contributed by atoms with van der Waals surface area (Å²) in [6.07, 6.45) is 1.57. The van der Waals surface area contributed by atoms with Crippen LogP contribution in [0.15, 0.2) is 29.8 Å². The summed E-state index contributed by atoms with van der Waals surface area (Å²) in [7, 11) is 0. The van der Waals surface area contributed by atoms with Gasteiger partial charge in [0, 0.05) is 5.57 Å². The lowest BCUT2D eigenvalue weighted by atomic mass is 10.1. The number of hydrogen-bond donors (Lipinski definition) is 1. The summed E-state index contributed by atoms with van der Waals surface area (Å²) in [5.74, 6) is -0.726. The van der Waals surface area contributed by atoms with Crippen molar-refractivity contribution >= 4 is 17.9 Å². The SMILES string of the molecule is O=C1CC(=Cc2ccc(OC(F)F)cc2)C(=O)N1. The lowest BCUT2D eigenvalue weighted by Crippen LogP contribution is -2.19. The number of hydrogen-bond acceptors (Lipinski definition) is 3. The maximum atomic E-state index is 11.9. The number of nitrogens with one attached hydrogen (secondary N) is 1. The third-order valence-corrected chi connectivity index (χ3v) is 2.34. The molecule has 2 rings (SSSR count). The Morgan fingerprint density at radius 1 is 1.22 bits per heavy atom. The standard InChI is InChI=1S/C12H9F2NO3/c13-12(14)18-9-3-1-7(2-4-9)5-8-6-10(16)15-11(8)17/h1-5,12H,6H2,(H,15,16,17). The van der Waals surface area contributed by atoms with Gasteiger partial charge in [-0.3, -0.25) is 14.9 Å². The van der Waals surface area contributed by atoms with Gasteiger partial charge in [-0.05, 0) is 23.8 Å². The Balaban J connectivity index is 2.13. The van der Waals surface area contributed by atoms with Crippen LogP contribution < -0.4 is 10.1 Å². The van der Waals surface area contributed by atoms with E-state index in [2.05, 4.69) is 10.1 Å². The van der Waals surface area contributed by atoms with Crippen LogP contribution >= 0.6 is 0 Å². The van der Waals surface area contributed by atoms with Crippen molar-refractivity contribution in [3.05, 3.63) is 35.4 Å². The normalized spacial score (nSPS) is 17.4. The zero-order valence-electron chi connectivity index (χ0n) is 9.15. The average molecular weight is 253 g/mol. The molecule has 6 heteroatoms. The van der Waals surface area contributed by atoms with E-state index in [1.807, 2.05) is 0 Å². The second-order valence-corrected chi connectivity index (χ2v) is 3.67. The fourth-order valence-electron chi connectivity index (χ4n) is 1.57. The highest BCUT2D eigenvalue weighted by Gasteiger charge is 2.23. The van der Waals surface area contributed by atoms with Gasteiger partial charge in [-0.2, -0.15) is 8.78 Å². The van der Waals surface area contributed by atoms with Crippen LogP contribution in [0.2, 0.25) is 0 Å². The first kappa shape index (κ1) is 12.2. The molecular weight excluding hydrogens is 244 g/mol. The lowest BCUT2D eigenvalue weighted by molar-refractivity contribution is -0.124. The Bertz CT molecular complexity index is 509. The van der Waals surface area contributed by atoms with E-state index in [-0.39, 0.29) is 18.1 Å². The van der Waals surface area contributed by atoms with Gasteiger partial charge in [0.1, 0.15) is 5.75 Å². The number of rotatable bonds is 3. The minimum Gasteiger partial charge on any atom is -0.435 e. The number of amides is 2. The summed E-state index contributed by atoms with van der Waals surface area (Å²) < 4.78 is 28.0. The van der Waals surface area contributed by atoms with Crippen molar-refractivity contribution in [1.29, 1.82) is 0 Å². The molecule has 4 nitrogen and oxygen atoms in total. The number of alkyl halides is 2. The molecule has 18 heavy (non-hydrogen) atoms. The van der Waals surface area contributed by atoms with Crippen LogP contribution in [0.1, 0.15) is 12.0 Å². The van der Waals surface area contributed by atoms with Gasteiger partial charge in [0.15, 0.2) is 0 Å². The molecule has 0 spiro atoms. The Morgan fingerprint density at radius 2 is 1.89 bits per heavy atom. The van der Waals surface area contributed by atoms with Gasteiger partial charge in [0.05, 0.1) is 6.42 Å². The number of benzene rings is 1. The Kier molecular flexibility index (Phi) is 3.36. The van der Waals surface area contributed by atoms with Crippen LogP contribution in [-0.4, -0.2) is 18.4 Å². The zero-order chi connectivity index (χ0) is 13.1. The van der Waals surface area contributed by atoms with Gasteiger partial charge >= 0.3 is 6.61 Å². The van der Waals surface area contributed by atoms with Gasteiger partial charge in [0.2, 0.25) is 5.91 Å². The van der Waals surface area contributed by atoms with Crippen LogP contribution in [0.3, 0.4) is 0 Å². The van der Waals surface area contributed by atoms with E-state index in [9.17, 15) is 18.4 Å². The fourth-order valence-corrected chi connectivity index (χ4v) is 1.57. The van der Waals surface area contributed by atoms with E-state index in [0.717, 1.165) is 0 Å². The minimum atomic E-state index is -2.87. The van der Waals surface area contributed by atoms with E-state index in [0.29, 0.717) is 11.1 Å². The van der Waals surface area contributed by atoms with Gasteiger partial charge in [-0.1, -0.05) is 12.1 Å². The number of imide groups is 1. The van der Waals surface area contributed by atoms with Gasteiger partial charge in [-0.25, -0.2) is 0 Å². The molecule has 1 aliphatic heterocycles. The first-order valence-electron chi connectivity index (χ1n) is 5.14. The van der Waals surface area contributed by atoms with E-state index in [4.69, 9.17) is 0 Å². The van der Waals surface area contributed by atoms with E-state index in [1.54, 1.807) is 0 Å². The second-order valence-electron chi connectivity index (χ2n) is 3.67. The van der Waals surface area contributed by atoms with Crippen molar-refractivity contribution in [2.24, 2.45) is 0 Å². The van der Waals surface area contributed by atoms with Crippen LogP contribution in [0, 0.1) is 0 Å². The molecule has 0 aromatic heterocycles. The summed E-state index contributed by atoms with van der Waals surface area (Å²) in [5.41, 5.74) is 0.985. The van der Waals surface area contributed by atoms with Crippen LogP contribution in [0.5, 0.6) is 5.75 Å². The van der Waals surface area contributed by atoms with Crippen molar-refractivity contribution in [3.8, 4) is 5.75 Å². The van der Waals surface area contributed by atoms with E-state index in [1.165, 1.54) is 30.3 Å². The molecule has 1 aromatic carbocycles. The summed E-state index contributed by atoms with van der Waals surface area (Å²) in [6, 6.07) is 5.79. The quantitative estimate of drug-likeness (QED) is 0.659. The highest BCUT2D eigenvalue weighted by molar-refractivity contribution is 6.15. The molecule has 2 amide bonds. The minimum absolute atomic E-state index is 0.0358. The monoisotopic (exact) mass is 253 g/mol. The maximum absolute atomic E-state index is 11.9. The number of halogens is 2. The average Bonchev–Trinajstić information content (AvgIpc) is 2.59. The number of carbonyl (C=O) groups is 2. The molecule has 1 aliphatic rings. The third-order valence-electron chi connectivity index (χ3n) is 2.34. The predicted octanol–water partition coefficient (Wildman–Crippen LogP) is 1.72. The summed E-state index contributed by atoms with van der Waals surface area (Å²) in [6.45, 7) is -2.87. The fraction of sp³-hybridized carbons (Fsp3) is 0.167. The topological polar surface area (TPSA) is 55.4 Å². The molecule has 0 atom stereocenters. The first-order valence-corrected chi connectivity index (χ1v) is 5.14. The Labute approximate surface area is 101 Å². The molecule has 1 aromatic rings. The molecule has 0 aliphatic carbocycles. The first-order chi connectivity index (χ1) is 8.54. The summed E-state index contributed by atoms with van der Waals surface area (Å²) >= 11 is 0. The van der Waals surface area contributed by atoms with Crippen molar-refractivity contribution in [3.63, 3.8) is 0 Å². The Hall–Kier alpha value is -2.24. The molecule has 0 bridgehead atoms. The molecule has 1 fully saturated rings. The van der Waals surface area contributed by atoms with Crippen molar-refractivity contribution < 1.29 is 23.1 Å². The molecular formula is C12H9F2NO3. The second kappa shape index (κ2) is 4.95. The van der Waals surface area contributed by atoms with Gasteiger partial charge < -0.3 is 4.74 Å². The largest absolute Gasteiger partial charge is 0.435 e. The molecule has 94 valence electrons. The lowest BCUT2D eigenvalue weighted by Gasteiger charge is -2.04. The van der Waals surface area contributed by atoms with Crippen molar-refractivity contribution in [1.82, 2.24) is 5.32 Å². The highest BCUT2D eigenvalue weighted by Crippen LogP contribution is 2.18. The molecule has 0 saturated carbocycles. The molecule has 0 radical (unpaired) electrons. The summed E-state index contributed by atoms with van der Waals surface area (Å²) in [4.78, 5) is 22.2. The van der Waals surface area contributed by atoms with Crippen LogP contribution in [0.4, 0.5) is 8.78 Å². The maximum Gasteiger partial charge on any atom is 0.387 e. The van der Waals surface area contributed by atoms with Crippen LogP contribution in [0.25, 0.3) is 6.08 Å². The number of ether oxygens (including phenoxy) is 1. The number of carbonyl (C=O) groups excluding carboxylic acids is 2. The van der Waals surface area contributed by atoms with E-state index >= 15 is 0 Å². The van der Waals surface area contributed by atoms with Gasteiger partial charge in [0.25, 0.3) is 5.91 Å². The highest BCUT2D eigenvalue weighted by atomic mass is 19.3. The smallest absolute Gasteiger partial charge is 0.387 e. The van der Waals surface area contributed by atoms with Crippen molar-refractivity contribution in [2.45, 2.75) is 13.0 Å².